The fourth-order valence-electron chi connectivity index (χ4n) is 2.11. The van der Waals surface area contributed by atoms with Crippen molar-refractivity contribution < 1.29 is 4.39 Å². The van der Waals surface area contributed by atoms with Crippen molar-refractivity contribution in [3.8, 4) is 0 Å². The molecule has 0 aromatic heterocycles. The largest absolute Gasteiger partial charge is 0.398 e. The minimum absolute atomic E-state index is 0.00116. The molecule has 0 heterocycles. The first kappa shape index (κ1) is 14.3. The Morgan fingerprint density at radius 1 is 1.05 bits per heavy atom. The van der Waals surface area contributed by atoms with Gasteiger partial charge in [0.1, 0.15) is 5.82 Å². The zero-order valence-electron chi connectivity index (χ0n) is 11.8. The standard InChI is InChI=1S/C17H19FN2/c1-12(2)17(15-5-3-4-6-16(15)19)20-11-13-7-9-14(18)10-8-13/h3-12,17H,19H2,1-2H3. The summed E-state index contributed by atoms with van der Waals surface area (Å²) < 4.78 is 12.9. The normalized spacial score (nSPS) is 13.0. The molecule has 0 saturated heterocycles. The van der Waals surface area contributed by atoms with E-state index in [2.05, 4.69) is 18.8 Å². The van der Waals surface area contributed by atoms with Gasteiger partial charge in [-0.2, -0.15) is 0 Å². The van der Waals surface area contributed by atoms with E-state index in [9.17, 15) is 4.39 Å². The molecule has 0 aliphatic rings. The van der Waals surface area contributed by atoms with E-state index in [1.165, 1.54) is 12.1 Å². The average molecular weight is 270 g/mol. The van der Waals surface area contributed by atoms with Crippen LogP contribution in [0.2, 0.25) is 0 Å². The van der Waals surface area contributed by atoms with E-state index in [0.717, 1.165) is 16.8 Å². The quantitative estimate of drug-likeness (QED) is 0.655. The molecule has 2 N–H and O–H groups in total. The predicted octanol–water partition coefficient (Wildman–Crippen LogP) is 4.22. The minimum atomic E-state index is -0.241. The fourth-order valence-corrected chi connectivity index (χ4v) is 2.11. The maximum Gasteiger partial charge on any atom is 0.123 e. The highest BCUT2D eigenvalue weighted by atomic mass is 19.1. The molecule has 0 spiro atoms. The highest BCUT2D eigenvalue weighted by Crippen LogP contribution is 2.29. The SMILES string of the molecule is CC(C)C(N=Cc1ccc(F)cc1)c1ccccc1N. The molecular weight excluding hydrogens is 251 g/mol. The van der Waals surface area contributed by atoms with Gasteiger partial charge >= 0.3 is 0 Å². The van der Waals surface area contributed by atoms with E-state index in [4.69, 9.17) is 5.73 Å². The van der Waals surface area contributed by atoms with Gasteiger partial charge in [0, 0.05) is 11.9 Å². The monoisotopic (exact) mass is 270 g/mol. The second kappa shape index (κ2) is 6.33. The molecule has 0 saturated carbocycles. The van der Waals surface area contributed by atoms with Crippen molar-refractivity contribution in [3.05, 3.63) is 65.5 Å². The predicted molar refractivity (Wildman–Crippen MR) is 82.4 cm³/mol. The highest BCUT2D eigenvalue weighted by Gasteiger charge is 2.16. The number of nitrogens with two attached hydrogens (primary N) is 1. The second-order valence-electron chi connectivity index (χ2n) is 5.15. The Morgan fingerprint density at radius 3 is 2.30 bits per heavy atom. The number of hydrogen-bond donors (Lipinski definition) is 1. The molecule has 2 aromatic carbocycles. The van der Waals surface area contributed by atoms with E-state index in [1.54, 1.807) is 18.3 Å². The van der Waals surface area contributed by atoms with Crippen LogP contribution in [0.15, 0.2) is 53.5 Å². The molecule has 1 atom stereocenters. The Balaban J connectivity index is 2.26. The van der Waals surface area contributed by atoms with Gasteiger partial charge in [0.2, 0.25) is 0 Å². The van der Waals surface area contributed by atoms with Crippen LogP contribution in [0.4, 0.5) is 10.1 Å². The third kappa shape index (κ3) is 3.44. The lowest BCUT2D eigenvalue weighted by atomic mass is 9.95. The third-order valence-electron chi connectivity index (χ3n) is 3.20. The molecule has 0 amide bonds. The first-order valence-electron chi connectivity index (χ1n) is 6.71. The number of anilines is 1. The maximum absolute atomic E-state index is 12.9. The first-order chi connectivity index (χ1) is 9.58. The Hall–Kier alpha value is -2.16. The summed E-state index contributed by atoms with van der Waals surface area (Å²) in [6.07, 6.45) is 1.77. The molecular formula is C17H19FN2. The molecule has 0 bridgehead atoms. The summed E-state index contributed by atoms with van der Waals surface area (Å²) in [5, 5.41) is 0. The Morgan fingerprint density at radius 2 is 1.70 bits per heavy atom. The second-order valence-corrected chi connectivity index (χ2v) is 5.15. The van der Waals surface area contributed by atoms with Crippen LogP contribution < -0.4 is 5.73 Å². The zero-order valence-corrected chi connectivity index (χ0v) is 11.8. The molecule has 104 valence electrons. The molecule has 0 aliphatic carbocycles. The maximum atomic E-state index is 12.9. The lowest BCUT2D eigenvalue weighted by Gasteiger charge is -2.18. The summed E-state index contributed by atoms with van der Waals surface area (Å²) in [5.74, 6) is 0.0891. The van der Waals surface area contributed by atoms with Crippen LogP contribution in [-0.4, -0.2) is 6.21 Å². The number of halogens is 1. The molecule has 2 aromatic rings. The number of benzene rings is 2. The van der Waals surface area contributed by atoms with Crippen molar-refractivity contribution in [2.24, 2.45) is 10.9 Å². The summed E-state index contributed by atoms with van der Waals surface area (Å²) in [6.45, 7) is 4.22. The Bertz CT molecular complexity index is 588. The van der Waals surface area contributed by atoms with Crippen LogP contribution in [0.1, 0.15) is 31.0 Å². The van der Waals surface area contributed by atoms with Crippen LogP contribution in [0.5, 0.6) is 0 Å². The summed E-state index contributed by atoms with van der Waals surface area (Å²) in [4.78, 5) is 4.63. The first-order valence-corrected chi connectivity index (χ1v) is 6.71. The number of para-hydroxylation sites is 1. The van der Waals surface area contributed by atoms with Crippen molar-refractivity contribution in [2.45, 2.75) is 19.9 Å². The number of nitrogens with zero attached hydrogens (tertiary/aromatic N) is 1. The van der Waals surface area contributed by atoms with E-state index in [0.29, 0.717) is 5.92 Å². The van der Waals surface area contributed by atoms with Crippen molar-refractivity contribution in [2.75, 3.05) is 5.73 Å². The molecule has 3 heteroatoms. The molecule has 0 fully saturated rings. The molecule has 2 nitrogen and oxygen atoms in total. The summed E-state index contributed by atoms with van der Waals surface area (Å²) in [6, 6.07) is 14.1. The lowest BCUT2D eigenvalue weighted by molar-refractivity contribution is 0.520. The average Bonchev–Trinajstić information content (AvgIpc) is 2.42. The number of hydrogen-bond acceptors (Lipinski definition) is 2. The molecule has 0 radical (unpaired) electrons. The van der Waals surface area contributed by atoms with Gasteiger partial charge in [-0.25, -0.2) is 4.39 Å². The Kier molecular flexibility index (Phi) is 4.51. The summed E-state index contributed by atoms with van der Waals surface area (Å²) in [7, 11) is 0. The van der Waals surface area contributed by atoms with Crippen molar-refractivity contribution in [1.82, 2.24) is 0 Å². The van der Waals surface area contributed by atoms with Crippen molar-refractivity contribution >= 4 is 11.9 Å². The summed E-state index contributed by atoms with van der Waals surface area (Å²) in [5.41, 5.74) is 8.69. The topological polar surface area (TPSA) is 38.4 Å². The number of rotatable bonds is 4. The number of nitrogen functional groups attached to an aromatic ring is 1. The van der Waals surface area contributed by atoms with Crippen molar-refractivity contribution in [3.63, 3.8) is 0 Å². The van der Waals surface area contributed by atoms with E-state index < -0.39 is 0 Å². The van der Waals surface area contributed by atoms with E-state index in [1.807, 2.05) is 24.3 Å². The molecule has 2 rings (SSSR count). The van der Waals surface area contributed by atoms with Crippen molar-refractivity contribution in [1.29, 1.82) is 0 Å². The van der Waals surface area contributed by atoms with Gasteiger partial charge in [0.15, 0.2) is 0 Å². The number of aliphatic imine (C=N–C) groups is 1. The fraction of sp³-hybridized carbons (Fsp3) is 0.235. The van der Waals surface area contributed by atoms with Crippen LogP contribution >= 0.6 is 0 Å². The van der Waals surface area contributed by atoms with Gasteiger partial charge in [-0.05, 0) is 35.2 Å². The Labute approximate surface area is 119 Å². The zero-order chi connectivity index (χ0) is 14.5. The van der Waals surface area contributed by atoms with E-state index >= 15 is 0 Å². The molecule has 1 unspecified atom stereocenters. The third-order valence-corrected chi connectivity index (χ3v) is 3.20. The van der Waals surface area contributed by atoms with Gasteiger partial charge in [-0.1, -0.05) is 44.2 Å². The van der Waals surface area contributed by atoms with Crippen LogP contribution in [0.3, 0.4) is 0 Å². The van der Waals surface area contributed by atoms with Gasteiger partial charge in [-0.3, -0.25) is 4.99 Å². The van der Waals surface area contributed by atoms with E-state index in [-0.39, 0.29) is 11.9 Å². The van der Waals surface area contributed by atoms with Crippen LogP contribution in [-0.2, 0) is 0 Å². The van der Waals surface area contributed by atoms with Gasteiger partial charge in [-0.15, -0.1) is 0 Å². The highest BCUT2D eigenvalue weighted by molar-refractivity contribution is 5.79. The van der Waals surface area contributed by atoms with Crippen LogP contribution in [0.25, 0.3) is 0 Å². The summed E-state index contributed by atoms with van der Waals surface area (Å²) >= 11 is 0. The smallest absolute Gasteiger partial charge is 0.123 e. The van der Waals surface area contributed by atoms with Gasteiger partial charge in [0.05, 0.1) is 6.04 Å². The minimum Gasteiger partial charge on any atom is -0.398 e. The van der Waals surface area contributed by atoms with Gasteiger partial charge in [0.25, 0.3) is 0 Å². The van der Waals surface area contributed by atoms with Gasteiger partial charge < -0.3 is 5.73 Å². The molecule has 20 heavy (non-hydrogen) atoms. The van der Waals surface area contributed by atoms with Crippen LogP contribution in [0, 0.1) is 11.7 Å². The lowest BCUT2D eigenvalue weighted by Crippen LogP contribution is -2.07. The molecule has 0 aliphatic heterocycles.